The number of piperidine rings is 1. The Kier molecular flexibility index (Phi) is 9.40. The van der Waals surface area contributed by atoms with Gasteiger partial charge < -0.3 is 19.9 Å². The lowest BCUT2D eigenvalue weighted by Crippen LogP contribution is -2.48. The smallest absolute Gasteiger partial charge is 0.193 e. The Morgan fingerprint density at radius 1 is 1.12 bits per heavy atom. The molecule has 0 aromatic heterocycles. The average Bonchev–Trinajstić information content (AvgIpc) is 3.13. The maximum Gasteiger partial charge on any atom is 0.193 e. The zero-order valence-electron chi connectivity index (χ0n) is 16.8. The molecular formula is C19H38IN5O. The monoisotopic (exact) mass is 479 g/mol. The molecule has 0 aromatic rings. The summed E-state index contributed by atoms with van der Waals surface area (Å²) in [6.07, 6.45) is 3.90. The Bertz CT molecular complexity index is 442. The molecule has 0 radical (unpaired) electrons. The number of likely N-dealkylation sites (tertiary alicyclic amines) is 2. The maximum absolute atomic E-state index is 5.49. The van der Waals surface area contributed by atoms with Crippen molar-refractivity contribution in [2.45, 2.75) is 45.2 Å². The molecule has 152 valence electrons. The Morgan fingerprint density at radius 2 is 1.88 bits per heavy atom. The van der Waals surface area contributed by atoms with Gasteiger partial charge in [-0.3, -0.25) is 9.89 Å². The van der Waals surface area contributed by atoms with E-state index in [4.69, 9.17) is 4.74 Å². The molecule has 1 N–H and O–H groups in total. The Balaban J connectivity index is 0.00000243. The van der Waals surface area contributed by atoms with Gasteiger partial charge in [-0.1, -0.05) is 0 Å². The molecule has 3 fully saturated rings. The fraction of sp³-hybridized carbons (Fsp3) is 0.947. The topological polar surface area (TPSA) is 43.3 Å². The zero-order chi connectivity index (χ0) is 17.6. The molecular weight excluding hydrogens is 441 g/mol. The molecule has 3 aliphatic rings. The largest absolute Gasteiger partial charge is 0.379 e. The highest BCUT2D eigenvalue weighted by Gasteiger charge is 2.30. The number of morpholine rings is 1. The van der Waals surface area contributed by atoms with Gasteiger partial charge in [-0.25, -0.2) is 0 Å². The van der Waals surface area contributed by atoms with E-state index < -0.39 is 0 Å². The number of guanidine groups is 1. The minimum absolute atomic E-state index is 0. The number of aliphatic imine (C=N–C) groups is 1. The summed E-state index contributed by atoms with van der Waals surface area (Å²) in [7, 11) is 1.92. The molecule has 2 atom stereocenters. The van der Waals surface area contributed by atoms with E-state index in [0.717, 1.165) is 57.8 Å². The van der Waals surface area contributed by atoms with Gasteiger partial charge in [0.1, 0.15) is 0 Å². The summed E-state index contributed by atoms with van der Waals surface area (Å²) in [5.74, 6) is 1.84. The van der Waals surface area contributed by atoms with E-state index in [-0.39, 0.29) is 24.0 Å². The fourth-order valence-electron chi connectivity index (χ4n) is 4.48. The molecule has 0 aromatic carbocycles. The summed E-state index contributed by atoms with van der Waals surface area (Å²) in [6.45, 7) is 14.3. The van der Waals surface area contributed by atoms with Crippen LogP contribution >= 0.6 is 24.0 Å². The summed E-state index contributed by atoms with van der Waals surface area (Å²) in [6, 6.07) is 1.32. The number of nitrogens with one attached hydrogen (secondary N) is 1. The van der Waals surface area contributed by atoms with E-state index in [9.17, 15) is 0 Å². The third kappa shape index (κ3) is 5.94. The van der Waals surface area contributed by atoms with Crippen molar-refractivity contribution in [3.05, 3.63) is 0 Å². The number of hydrogen-bond donors (Lipinski definition) is 1. The summed E-state index contributed by atoms with van der Waals surface area (Å²) in [5, 5.41) is 3.67. The third-order valence-electron chi connectivity index (χ3n) is 6.07. The summed E-state index contributed by atoms with van der Waals surface area (Å²) in [5.41, 5.74) is 0. The van der Waals surface area contributed by atoms with Gasteiger partial charge >= 0.3 is 0 Å². The van der Waals surface area contributed by atoms with Crippen LogP contribution in [0.4, 0.5) is 0 Å². The Morgan fingerprint density at radius 3 is 2.58 bits per heavy atom. The molecule has 7 heteroatoms. The molecule has 0 aliphatic carbocycles. The van der Waals surface area contributed by atoms with Crippen molar-refractivity contribution in [3.8, 4) is 0 Å². The molecule has 6 nitrogen and oxygen atoms in total. The van der Waals surface area contributed by atoms with Crippen LogP contribution in [0.25, 0.3) is 0 Å². The second-order valence-corrected chi connectivity index (χ2v) is 8.06. The summed E-state index contributed by atoms with van der Waals surface area (Å²) < 4.78 is 5.49. The molecule has 0 spiro atoms. The number of hydrogen-bond acceptors (Lipinski definition) is 4. The van der Waals surface area contributed by atoms with Crippen LogP contribution in [0.3, 0.4) is 0 Å². The van der Waals surface area contributed by atoms with Crippen molar-refractivity contribution >= 4 is 29.9 Å². The first-order chi connectivity index (χ1) is 12.2. The summed E-state index contributed by atoms with van der Waals surface area (Å²) >= 11 is 0. The third-order valence-corrected chi connectivity index (χ3v) is 6.07. The van der Waals surface area contributed by atoms with E-state index >= 15 is 0 Å². The van der Waals surface area contributed by atoms with E-state index in [1.807, 2.05) is 7.05 Å². The highest BCUT2D eigenvalue weighted by atomic mass is 127. The van der Waals surface area contributed by atoms with Gasteiger partial charge in [0.05, 0.1) is 13.2 Å². The van der Waals surface area contributed by atoms with Crippen LogP contribution in [-0.4, -0.2) is 98.8 Å². The first-order valence-corrected chi connectivity index (χ1v) is 10.2. The van der Waals surface area contributed by atoms with Crippen LogP contribution in [0.5, 0.6) is 0 Å². The van der Waals surface area contributed by atoms with E-state index in [1.165, 1.54) is 32.4 Å². The number of rotatable bonds is 4. The van der Waals surface area contributed by atoms with E-state index in [0.29, 0.717) is 12.1 Å². The molecule has 26 heavy (non-hydrogen) atoms. The second kappa shape index (κ2) is 11.0. The van der Waals surface area contributed by atoms with Crippen molar-refractivity contribution in [1.29, 1.82) is 0 Å². The van der Waals surface area contributed by atoms with Gasteiger partial charge in [0.2, 0.25) is 0 Å². The Hall–Kier alpha value is -0.120. The standard InChI is InChI=1S/C19H37N5O.HI/c1-16(2)23-7-4-5-17(14-23)13-21-19(20-3)24-8-6-18(15-24)22-9-11-25-12-10-22;/h16-18H,4-15H2,1-3H3,(H,20,21);1H. The first-order valence-electron chi connectivity index (χ1n) is 10.2. The van der Waals surface area contributed by atoms with Gasteiger partial charge in [-0.05, 0) is 45.6 Å². The van der Waals surface area contributed by atoms with Gasteiger partial charge in [0.25, 0.3) is 0 Å². The highest BCUT2D eigenvalue weighted by Crippen LogP contribution is 2.19. The van der Waals surface area contributed by atoms with Crippen molar-refractivity contribution in [3.63, 3.8) is 0 Å². The van der Waals surface area contributed by atoms with Gasteiger partial charge in [0.15, 0.2) is 5.96 Å². The van der Waals surface area contributed by atoms with Crippen LogP contribution in [0.15, 0.2) is 4.99 Å². The normalized spacial score (nSPS) is 29.1. The van der Waals surface area contributed by atoms with Crippen LogP contribution in [0.1, 0.15) is 33.1 Å². The minimum Gasteiger partial charge on any atom is -0.379 e. The van der Waals surface area contributed by atoms with Gasteiger partial charge in [-0.15, -0.1) is 24.0 Å². The number of ether oxygens (including phenoxy) is 1. The number of nitrogens with zero attached hydrogens (tertiary/aromatic N) is 4. The zero-order valence-corrected chi connectivity index (χ0v) is 19.2. The lowest BCUT2D eigenvalue weighted by molar-refractivity contribution is 0.0194. The van der Waals surface area contributed by atoms with Crippen molar-refractivity contribution < 1.29 is 4.74 Å². The van der Waals surface area contributed by atoms with Crippen molar-refractivity contribution in [2.75, 3.05) is 66.1 Å². The first kappa shape index (κ1) is 22.2. The van der Waals surface area contributed by atoms with Crippen molar-refractivity contribution in [1.82, 2.24) is 20.0 Å². The lowest BCUT2D eigenvalue weighted by atomic mass is 9.97. The van der Waals surface area contributed by atoms with Gasteiger partial charge in [-0.2, -0.15) is 0 Å². The number of halogens is 1. The molecule has 3 aliphatic heterocycles. The van der Waals surface area contributed by atoms with Crippen LogP contribution in [0, 0.1) is 5.92 Å². The average molecular weight is 479 g/mol. The van der Waals surface area contributed by atoms with Crippen LogP contribution < -0.4 is 5.32 Å². The van der Waals surface area contributed by atoms with E-state index in [1.54, 1.807) is 0 Å². The molecule has 3 rings (SSSR count). The highest BCUT2D eigenvalue weighted by molar-refractivity contribution is 14.0. The Labute approximate surface area is 176 Å². The summed E-state index contributed by atoms with van der Waals surface area (Å²) in [4.78, 5) is 12.2. The molecule has 0 saturated carbocycles. The minimum atomic E-state index is 0. The SMILES string of the molecule is CN=C(NCC1CCCN(C(C)C)C1)N1CCC(N2CCOCC2)C1.I. The molecule has 2 unspecified atom stereocenters. The quantitative estimate of drug-likeness (QED) is 0.378. The van der Waals surface area contributed by atoms with Crippen LogP contribution in [0.2, 0.25) is 0 Å². The maximum atomic E-state index is 5.49. The second-order valence-electron chi connectivity index (χ2n) is 8.06. The van der Waals surface area contributed by atoms with Crippen molar-refractivity contribution in [2.24, 2.45) is 10.9 Å². The predicted octanol–water partition coefficient (Wildman–Crippen LogP) is 1.71. The van der Waals surface area contributed by atoms with Gasteiger partial charge in [0, 0.05) is 58.4 Å². The molecule has 0 bridgehead atoms. The predicted molar refractivity (Wildman–Crippen MR) is 119 cm³/mol. The van der Waals surface area contributed by atoms with E-state index in [2.05, 4.69) is 38.9 Å². The van der Waals surface area contributed by atoms with Crippen LogP contribution in [-0.2, 0) is 4.74 Å². The fourth-order valence-corrected chi connectivity index (χ4v) is 4.48. The molecule has 3 saturated heterocycles. The molecule has 0 amide bonds. The lowest BCUT2D eigenvalue weighted by Gasteiger charge is -2.36. The molecule has 3 heterocycles.